The summed E-state index contributed by atoms with van der Waals surface area (Å²) in [6.07, 6.45) is 1.44. The number of fused-ring (bicyclic) bond motifs is 1. The highest BCUT2D eigenvalue weighted by molar-refractivity contribution is 6.02. The van der Waals surface area contributed by atoms with Crippen molar-refractivity contribution < 1.29 is 9.53 Å². The van der Waals surface area contributed by atoms with Crippen molar-refractivity contribution in [1.82, 2.24) is 0 Å². The van der Waals surface area contributed by atoms with Crippen molar-refractivity contribution in [2.75, 3.05) is 12.3 Å². The number of carbonyl (C=O) groups is 1. The largest absolute Gasteiger partial charge is 0.487 e. The molecule has 0 bridgehead atoms. The van der Waals surface area contributed by atoms with Gasteiger partial charge in [0.2, 0.25) is 0 Å². The molecular weight excluding hydrogens is 168 g/mol. The number of amides is 1. The third kappa shape index (κ3) is 1.38. The van der Waals surface area contributed by atoms with Crippen LogP contribution in [0.4, 0.5) is 5.69 Å². The smallest absolute Gasteiger partial charge is 0.280 e. The number of carbonyl (C=O) groups excluding carboxylic acids is 1. The first-order chi connectivity index (χ1) is 6.27. The zero-order valence-corrected chi connectivity index (χ0v) is 6.86. The summed E-state index contributed by atoms with van der Waals surface area (Å²) in [4.78, 5) is 15.0. The molecule has 1 aliphatic heterocycles. The normalized spacial score (nSPS) is 14.6. The molecule has 4 nitrogen and oxygen atoms in total. The van der Waals surface area contributed by atoms with Gasteiger partial charge in [-0.2, -0.15) is 0 Å². The fraction of sp³-hybridized carbons (Fsp3) is 0.111. The molecule has 0 spiro atoms. The average molecular weight is 176 g/mol. The molecule has 4 heteroatoms. The second-order valence-electron chi connectivity index (χ2n) is 2.68. The minimum Gasteiger partial charge on any atom is -0.487 e. The fourth-order valence-electron chi connectivity index (χ4n) is 1.16. The highest BCUT2D eigenvalue weighted by atomic mass is 16.5. The molecule has 0 radical (unpaired) electrons. The second-order valence-corrected chi connectivity index (χ2v) is 2.68. The number of aliphatic imine (C=N–C) groups is 1. The molecule has 0 aliphatic carbocycles. The van der Waals surface area contributed by atoms with E-state index < -0.39 is 0 Å². The summed E-state index contributed by atoms with van der Waals surface area (Å²) < 4.78 is 5.25. The molecule has 0 unspecified atom stereocenters. The van der Waals surface area contributed by atoms with E-state index in [-0.39, 0.29) is 5.91 Å². The summed E-state index contributed by atoms with van der Waals surface area (Å²) in [6, 6.07) is 4.94. The lowest BCUT2D eigenvalue weighted by Crippen LogP contribution is -1.99. The Bertz CT molecular complexity index is 385. The second kappa shape index (κ2) is 2.90. The Labute approximate surface area is 75.0 Å². The Morgan fingerprint density at radius 1 is 1.46 bits per heavy atom. The van der Waals surface area contributed by atoms with E-state index >= 15 is 0 Å². The molecule has 1 amide bonds. The molecule has 0 fully saturated rings. The van der Waals surface area contributed by atoms with Crippen LogP contribution in [0, 0.1) is 0 Å². The van der Waals surface area contributed by atoms with E-state index in [2.05, 4.69) is 4.99 Å². The maximum absolute atomic E-state index is 11.3. The maximum Gasteiger partial charge on any atom is 0.280 e. The highest BCUT2D eigenvalue weighted by Crippen LogP contribution is 2.23. The average Bonchev–Trinajstić information content (AvgIpc) is 2.29. The fourth-order valence-corrected chi connectivity index (χ4v) is 1.16. The van der Waals surface area contributed by atoms with Crippen LogP contribution in [-0.4, -0.2) is 18.7 Å². The lowest BCUT2D eigenvalue weighted by molar-refractivity contribution is 0.100. The summed E-state index contributed by atoms with van der Waals surface area (Å²) in [7, 11) is 0. The van der Waals surface area contributed by atoms with Gasteiger partial charge in [-0.1, -0.05) is 0 Å². The lowest BCUT2D eigenvalue weighted by atomic mass is 10.1. The van der Waals surface area contributed by atoms with Crippen LogP contribution >= 0.6 is 0 Å². The van der Waals surface area contributed by atoms with Gasteiger partial charge in [-0.3, -0.25) is 4.79 Å². The van der Waals surface area contributed by atoms with Crippen LogP contribution in [0.5, 0.6) is 5.75 Å². The monoisotopic (exact) mass is 176 g/mol. The Balaban J connectivity index is 2.56. The molecule has 2 rings (SSSR count). The molecular formula is C9H8N2O2. The molecule has 0 aromatic heterocycles. The topological polar surface area (TPSA) is 64.7 Å². The van der Waals surface area contributed by atoms with E-state index in [1.165, 1.54) is 6.21 Å². The Hall–Kier alpha value is -1.84. The molecule has 1 aromatic rings. The van der Waals surface area contributed by atoms with Crippen LogP contribution in [0.3, 0.4) is 0 Å². The number of nitrogens with two attached hydrogens (primary N) is 1. The zero-order valence-electron chi connectivity index (χ0n) is 6.86. The van der Waals surface area contributed by atoms with Crippen molar-refractivity contribution in [3.05, 3.63) is 23.8 Å². The number of rotatable bonds is 0. The maximum atomic E-state index is 11.3. The molecule has 1 aromatic carbocycles. The number of hydrogen-bond donors (Lipinski definition) is 1. The number of nitrogen functional groups attached to an aromatic ring is 1. The van der Waals surface area contributed by atoms with Crippen molar-refractivity contribution in [2.45, 2.75) is 0 Å². The molecule has 1 heterocycles. The molecule has 2 N–H and O–H groups in total. The molecule has 66 valence electrons. The summed E-state index contributed by atoms with van der Waals surface area (Å²) in [6.45, 7) is 0.322. The van der Waals surface area contributed by atoms with E-state index in [4.69, 9.17) is 10.5 Å². The van der Waals surface area contributed by atoms with Crippen LogP contribution in [0.2, 0.25) is 0 Å². The first-order valence-electron chi connectivity index (χ1n) is 3.86. The first-order valence-corrected chi connectivity index (χ1v) is 3.86. The Morgan fingerprint density at radius 3 is 3.15 bits per heavy atom. The van der Waals surface area contributed by atoms with Gasteiger partial charge in [-0.25, -0.2) is 4.99 Å². The summed E-state index contributed by atoms with van der Waals surface area (Å²) in [5.74, 6) is 0.233. The standard InChI is InChI=1S/C9H8N2O2/c10-6-1-2-8-7(5-6)9(12)11-3-4-13-8/h1-3,5H,4,10H2. The summed E-state index contributed by atoms with van der Waals surface area (Å²) in [5, 5.41) is 0. The van der Waals surface area contributed by atoms with Crippen LogP contribution in [0.15, 0.2) is 23.2 Å². The molecule has 0 saturated heterocycles. The molecule has 1 aliphatic rings. The number of ether oxygens (including phenoxy) is 1. The minimum atomic E-state index is -0.306. The van der Waals surface area contributed by atoms with Crippen LogP contribution < -0.4 is 10.5 Å². The van der Waals surface area contributed by atoms with E-state index in [9.17, 15) is 4.79 Å². The Kier molecular flexibility index (Phi) is 1.73. The van der Waals surface area contributed by atoms with Gasteiger partial charge in [0.05, 0.1) is 5.56 Å². The summed E-state index contributed by atoms with van der Waals surface area (Å²) >= 11 is 0. The van der Waals surface area contributed by atoms with Gasteiger partial charge in [0, 0.05) is 11.9 Å². The molecule has 0 saturated carbocycles. The number of benzene rings is 1. The minimum absolute atomic E-state index is 0.306. The van der Waals surface area contributed by atoms with E-state index in [0.717, 1.165) is 0 Å². The van der Waals surface area contributed by atoms with Crippen LogP contribution in [-0.2, 0) is 0 Å². The first kappa shape index (κ1) is 7.79. The van der Waals surface area contributed by atoms with Crippen LogP contribution in [0.25, 0.3) is 0 Å². The van der Waals surface area contributed by atoms with Gasteiger partial charge in [-0.05, 0) is 18.2 Å². The molecule has 0 atom stereocenters. The number of nitrogens with zero attached hydrogens (tertiary/aromatic N) is 1. The third-order valence-electron chi connectivity index (χ3n) is 1.76. The predicted molar refractivity (Wildman–Crippen MR) is 49.2 cm³/mol. The SMILES string of the molecule is Nc1ccc2c(c1)C(=O)N=CCO2. The van der Waals surface area contributed by atoms with Gasteiger partial charge >= 0.3 is 0 Å². The third-order valence-corrected chi connectivity index (χ3v) is 1.76. The van der Waals surface area contributed by atoms with Gasteiger partial charge in [0.1, 0.15) is 12.4 Å². The van der Waals surface area contributed by atoms with Crippen molar-refractivity contribution in [2.24, 2.45) is 4.99 Å². The van der Waals surface area contributed by atoms with E-state index in [1.807, 2.05) is 0 Å². The van der Waals surface area contributed by atoms with Crippen molar-refractivity contribution in [3.63, 3.8) is 0 Å². The number of anilines is 1. The number of hydrogen-bond acceptors (Lipinski definition) is 3. The quantitative estimate of drug-likeness (QED) is 0.596. The lowest BCUT2D eigenvalue weighted by Gasteiger charge is -2.04. The van der Waals surface area contributed by atoms with Gasteiger partial charge in [0.15, 0.2) is 0 Å². The van der Waals surface area contributed by atoms with Gasteiger partial charge < -0.3 is 10.5 Å². The zero-order chi connectivity index (χ0) is 9.26. The van der Waals surface area contributed by atoms with Gasteiger partial charge in [-0.15, -0.1) is 0 Å². The molecule has 13 heavy (non-hydrogen) atoms. The summed E-state index contributed by atoms with van der Waals surface area (Å²) in [5.41, 5.74) is 6.50. The highest BCUT2D eigenvalue weighted by Gasteiger charge is 2.13. The van der Waals surface area contributed by atoms with Crippen molar-refractivity contribution >= 4 is 17.8 Å². The van der Waals surface area contributed by atoms with Gasteiger partial charge in [0.25, 0.3) is 5.91 Å². The van der Waals surface area contributed by atoms with Crippen molar-refractivity contribution in [1.29, 1.82) is 0 Å². The van der Waals surface area contributed by atoms with E-state index in [0.29, 0.717) is 23.6 Å². The van der Waals surface area contributed by atoms with Crippen molar-refractivity contribution in [3.8, 4) is 5.75 Å². The Morgan fingerprint density at radius 2 is 2.31 bits per heavy atom. The van der Waals surface area contributed by atoms with E-state index in [1.54, 1.807) is 18.2 Å². The predicted octanol–water partition coefficient (Wildman–Crippen LogP) is 0.872. The van der Waals surface area contributed by atoms with Crippen LogP contribution in [0.1, 0.15) is 10.4 Å².